The minimum absolute atomic E-state index is 0.144. The minimum Gasteiger partial charge on any atom is -0.489 e. The topological polar surface area (TPSA) is 145 Å². The number of hydrogen-bond acceptors (Lipinski definition) is 6. The van der Waals surface area contributed by atoms with Gasteiger partial charge in [-0.25, -0.2) is 4.98 Å². The van der Waals surface area contributed by atoms with Crippen LogP contribution in [0.1, 0.15) is 73.7 Å². The van der Waals surface area contributed by atoms with Crippen molar-refractivity contribution in [3.8, 4) is 17.0 Å². The Bertz CT molecular complexity index is 1590. The fraction of sp³-hybridized carbons (Fsp3) is 0.344. The number of nitrogens with one attached hydrogen (secondary N) is 1. The van der Waals surface area contributed by atoms with E-state index in [0.717, 1.165) is 22.4 Å². The van der Waals surface area contributed by atoms with E-state index in [1.165, 1.54) is 0 Å². The average Bonchev–Trinajstić information content (AvgIpc) is 3.36. The first-order valence-corrected chi connectivity index (χ1v) is 14.2. The number of nitrogens with zero attached hydrogens (tertiary/aromatic N) is 2. The Hall–Kier alpha value is -3.92. The van der Waals surface area contributed by atoms with Gasteiger partial charge in [0.1, 0.15) is 11.4 Å². The molecule has 0 radical (unpaired) electrons. The number of carbonyl (C=O) groups is 2. The first-order valence-electron chi connectivity index (χ1n) is 13.9. The van der Waals surface area contributed by atoms with Crippen molar-refractivity contribution in [1.29, 1.82) is 0 Å². The predicted octanol–water partition coefficient (Wildman–Crippen LogP) is 4.77. The number of hydrogen-bond donors (Lipinski definition) is 4. The summed E-state index contributed by atoms with van der Waals surface area (Å²) in [6, 6.07) is 14.9. The molecule has 10 heteroatoms. The quantitative estimate of drug-likeness (QED) is 0.198. The summed E-state index contributed by atoms with van der Waals surface area (Å²) in [5, 5.41) is 13.3. The van der Waals surface area contributed by atoms with Crippen LogP contribution in [0.15, 0.2) is 60.9 Å². The Balaban J connectivity index is 1.70. The third kappa shape index (κ3) is 6.92. The van der Waals surface area contributed by atoms with E-state index < -0.39 is 23.5 Å². The Kier molecular flexibility index (Phi) is 9.25. The number of pyridine rings is 1. The number of aliphatic hydroxyl groups excluding tert-OH is 1. The molecule has 0 spiro atoms. The maximum atomic E-state index is 12.7. The van der Waals surface area contributed by atoms with Crippen LogP contribution in [0.25, 0.3) is 16.9 Å². The molecule has 2 amide bonds. The third-order valence-corrected chi connectivity index (χ3v) is 7.36. The Labute approximate surface area is 250 Å². The van der Waals surface area contributed by atoms with Crippen LogP contribution in [-0.2, 0) is 11.2 Å². The zero-order valence-electron chi connectivity index (χ0n) is 24.5. The average molecular weight is 592 g/mol. The summed E-state index contributed by atoms with van der Waals surface area (Å²) < 4.78 is 7.79. The van der Waals surface area contributed by atoms with Gasteiger partial charge in [-0.2, -0.15) is 0 Å². The Morgan fingerprint density at radius 3 is 2.40 bits per heavy atom. The zero-order chi connectivity index (χ0) is 30.8. The molecule has 2 atom stereocenters. The molecule has 0 bridgehead atoms. The van der Waals surface area contributed by atoms with E-state index in [4.69, 9.17) is 32.8 Å². The van der Waals surface area contributed by atoms with E-state index in [9.17, 15) is 14.7 Å². The van der Waals surface area contributed by atoms with Gasteiger partial charge in [-0.15, -0.1) is 0 Å². The normalized spacial score (nSPS) is 13.3. The van der Waals surface area contributed by atoms with Crippen LogP contribution in [0.2, 0.25) is 5.02 Å². The van der Waals surface area contributed by atoms with Crippen LogP contribution in [0.5, 0.6) is 5.75 Å². The number of halogens is 1. The molecule has 222 valence electrons. The largest absolute Gasteiger partial charge is 0.489 e. The number of nitrogens with two attached hydrogens (primary N) is 2. The molecule has 2 heterocycles. The van der Waals surface area contributed by atoms with Gasteiger partial charge in [-0.3, -0.25) is 9.59 Å². The third-order valence-electron chi connectivity index (χ3n) is 6.97. The van der Waals surface area contributed by atoms with Gasteiger partial charge in [0.2, 0.25) is 11.8 Å². The lowest BCUT2D eigenvalue weighted by molar-refractivity contribution is -0.125. The number of primary amides is 1. The molecule has 4 aromatic rings. The van der Waals surface area contributed by atoms with Gasteiger partial charge in [0.25, 0.3) is 0 Å². The molecule has 0 aliphatic rings. The summed E-state index contributed by atoms with van der Waals surface area (Å²) >= 11 is 6.85. The first-order chi connectivity index (χ1) is 19.8. The van der Waals surface area contributed by atoms with Crippen molar-refractivity contribution >= 4 is 29.1 Å². The lowest BCUT2D eigenvalue weighted by atomic mass is 9.87. The lowest BCUT2D eigenvalue weighted by Gasteiger charge is -2.25. The summed E-state index contributed by atoms with van der Waals surface area (Å²) in [7, 11) is 0. The number of aromatic nitrogens is 2. The molecule has 0 saturated carbocycles. The van der Waals surface area contributed by atoms with E-state index in [0.29, 0.717) is 23.4 Å². The van der Waals surface area contributed by atoms with Gasteiger partial charge in [-0.05, 0) is 70.4 Å². The Morgan fingerprint density at radius 1 is 1.12 bits per heavy atom. The van der Waals surface area contributed by atoms with Crippen molar-refractivity contribution in [2.24, 2.45) is 11.5 Å². The predicted molar refractivity (Wildman–Crippen MR) is 165 cm³/mol. The van der Waals surface area contributed by atoms with Gasteiger partial charge in [0.15, 0.2) is 0 Å². The number of imidazole rings is 1. The molecule has 0 fully saturated rings. The number of carbonyl (C=O) groups excluding carboxylic acids is 2. The van der Waals surface area contributed by atoms with E-state index in [2.05, 4.69) is 5.32 Å². The number of fused-ring (bicyclic) bond motifs is 1. The van der Waals surface area contributed by atoms with Crippen LogP contribution in [0.3, 0.4) is 0 Å². The molecule has 4 rings (SSSR count). The standard InChI is InChI=1S/C32H38ClN5O4/c1-18(2)42-26-13-12-24(29(34)40)27(28(26)33)22(16-36-31(41)32(4,5)35)15-20-8-10-21(11-9-20)25-17-38-14-6-7-23(19(3)39)30(38)37-25/h6-14,17-19,22,39H,15-16,35H2,1-5H3,(H2,34,40)(H,36,41). The highest BCUT2D eigenvalue weighted by molar-refractivity contribution is 6.33. The van der Waals surface area contributed by atoms with E-state index in [1.807, 2.05) is 67.0 Å². The first kappa shape index (κ1) is 31.0. The number of ether oxygens (including phenoxy) is 1. The second-order valence-electron chi connectivity index (χ2n) is 11.4. The van der Waals surface area contributed by atoms with Crippen molar-refractivity contribution in [2.45, 2.75) is 64.7 Å². The molecule has 6 N–H and O–H groups in total. The van der Waals surface area contributed by atoms with Crippen molar-refractivity contribution < 1.29 is 19.4 Å². The molecule has 9 nitrogen and oxygen atoms in total. The summed E-state index contributed by atoms with van der Waals surface area (Å²) in [4.78, 5) is 29.9. The molecular formula is C32H38ClN5O4. The fourth-order valence-electron chi connectivity index (χ4n) is 4.85. The van der Waals surface area contributed by atoms with Crippen LogP contribution in [-0.4, -0.2) is 44.5 Å². The summed E-state index contributed by atoms with van der Waals surface area (Å²) in [6.07, 6.45) is 3.46. The van der Waals surface area contributed by atoms with Gasteiger partial charge in [0.05, 0.1) is 28.5 Å². The molecule has 2 unspecified atom stereocenters. The molecule has 0 aliphatic carbocycles. The number of amides is 2. The molecule has 0 aliphatic heterocycles. The second kappa shape index (κ2) is 12.5. The molecule has 0 saturated heterocycles. The van der Waals surface area contributed by atoms with E-state index in [1.54, 1.807) is 32.9 Å². The van der Waals surface area contributed by atoms with Gasteiger partial charge < -0.3 is 31.0 Å². The summed E-state index contributed by atoms with van der Waals surface area (Å²) in [5.74, 6) is -0.951. The van der Waals surface area contributed by atoms with Crippen molar-refractivity contribution in [2.75, 3.05) is 6.54 Å². The minimum atomic E-state index is -1.09. The number of rotatable bonds is 11. The second-order valence-corrected chi connectivity index (χ2v) is 11.8. The summed E-state index contributed by atoms with van der Waals surface area (Å²) in [5.41, 5.74) is 15.5. The highest BCUT2D eigenvalue weighted by Gasteiger charge is 2.28. The van der Waals surface area contributed by atoms with E-state index in [-0.39, 0.29) is 29.1 Å². The smallest absolute Gasteiger partial charge is 0.249 e. The number of aliphatic hydroxyl groups is 1. The molecular weight excluding hydrogens is 554 g/mol. The Morgan fingerprint density at radius 2 is 1.81 bits per heavy atom. The SMILES string of the molecule is CC(C)Oc1ccc(C(N)=O)c(C(CNC(=O)C(C)(C)N)Cc2ccc(-c3cn4cccc(C(C)O)c4n3)cc2)c1Cl. The van der Waals surface area contributed by atoms with Crippen molar-refractivity contribution in [1.82, 2.24) is 14.7 Å². The highest BCUT2D eigenvalue weighted by atomic mass is 35.5. The van der Waals surface area contributed by atoms with E-state index >= 15 is 0 Å². The van der Waals surface area contributed by atoms with Gasteiger partial charge in [-0.1, -0.05) is 41.9 Å². The molecule has 2 aromatic heterocycles. The lowest BCUT2D eigenvalue weighted by Crippen LogP contribution is -2.50. The monoisotopic (exact) mass is 591 g/mol. The maximum Gasteiger partial charge on any atom is 0.249 e. The van der Waals surface area contributed by atoms with Crippen molar-refractivity contribution in [3.63, 3.8) is 0 Å². The highest BCUT2D eigenvalue weighted by Crippen LogP contribution is 2.38. The fourth-order valence-corrected chi connectivity index (χ4v) is 5.21. The van der Waals surface area contributed by atoms with Gasteiger partial charge in [0, 0.05) is 41.5 Å². The van der Waals surface area contributed by atoms with Crippen LogP contribution >= 0.6 is 11.6 Å². The van der Waals surface area contributed by atoms with Crippen molar-refractivity contribution in [3.05, 3.63) is 88.2 Å². The van der Waals surface area contributed by atoms with Gasteiger partial charge >= 0.3 is 0 Å². The number of benzene rings is 2. The van der Waals surface area contributed by atoms with Crippen LogP contribution in [0, 0.1) is 0 Å². The summed E-state index contributed by atoms with van der Waals surface area (Å²) in [6.45, 7) is 8.90. The zero-order valence-corrected chi connectivity index (χ0v) is 25.3. The molecule has 42 heavy (non-hydrogen) atoms. The molecule has 2 aromatic carbocycles. The van der Waals surface area contributed by atoms with Crippen LogP contribution in [0.4, 0.5) is 0 Å². The van der Waals surface area contributed by atoms with Crippen LogP contribution < -0.4 is 21.5 Å². The maximum absolute atomic E-state index is 12.7.